The number of nitrogens with zero attached hydrogens (tertiary/aromatic N) is 3. The summed E-state index contributed by atoms with van der Waals surface area (Å²) in [6.07, 6.45) is 5.53. The largest absolute Gasteiger partial charge is 0.464 e. The van der Waals surface area contributed by atoms with Crippen molar-refractivity contribution in [2.24, 2.45) is 0 Å². The molecule has 2 fully saturated rings. The maximum Gasteiger partial charge on any atom is 0.354 e. The highest BCUT2D eigenvalue weighted by atomic mass is 16.5. The van der Waals surface area contributed by atoms with Crippen molar-refractivity contribution in [1.29, 1.82) is 0 Å². The number of amides is 1. The fourth-order valence-electron chi connectivity index (χ4n) is 5.79. The summed E-state index contributed by atoms with van der Waals surface area (Å²) in [6, 6.07) is 18.4. The van der Waals surface area contributed by atoms with Crippen LogP contribution in [0.1, 0.15) is 54.1 Å². The van der Waals surface area contributed by atoms with E-state index < -0.39 is 0 Å². The number of hydrogen-bond donors (Lipinski definition) is 1. The second-order valence-electron chi connectivity index (χ2n) is 10.2. The highest BCUT2D eigenvalue weighted by Gasteiger charge is 2.28. The van der Waals surface area contributed by atoms with E-state index in [0.29, 0.717) is 11.6 Å². The van der Waals surface area contributed by atoms with Gasteiger partial charge in [-0.3, -0.25) is 9.69 Å². The van der Waals surface area contributed by atoms with Gasteiger partial charge in [-0.25, -0.2) is 4.79 Å². The molecule has 37 heavy (non-hydrogen) atoms. The van der Waals surface area contributed by atoms with E-state index in [1.54, 1.807) is 0 Å². The van der Waals surface area contributed by atoms with E-state index in [2.05, 4.69) is 37.9 Å². The van der Waals surface area contributed by atoms with Gasteiger partial charge in [0.2, 0.25) is 5.91 Å². The lowest BCUT2D eigenvalue weighted by molar-refractivity contribution is -0.133. The SMILES string of the molecule is COC(=O)c1cc2c(N3CCN(CC[C@@H](C(=O)N4CCCCCC4)c4ccccc4)CC3)cccc2[nH]1. The number of ether oxygens (including phenoxy) is 1. The molecule has 196 valence electrons. The van der Waals surface area contributed by atoms with Gasteiger partial charge in [0.25, 0.3) is 0 Å². The number of hydrogen-bond acceptors (Lipinski definition) is 5. The molecular formula is C30H38N4O3. The van der Waals surface area contributed by atoms with E-state index in [0.717, 1.165) is 87.2 Å². The Kier molecular flexibility index (Phi) is 8.09. The zero-order valence-electron chi connectivity index (χ0n) is 21.8. The number of carbonyl (C=O) groups is 2. The summed E-state index contributed by atoms with van der Waals surface area (Å²) in [5.41, 5.74) is 3.70. The first-order chi connectivity index (χ1) is 18.1. The minimum absolute atomic E-state index is 0.0809. The average Bonchev–Trinajstić information content (AvgIpc) is 3.20. The molecule has 0 aliphatic carbocycles. The molecule has 2 aromatic carbocycles. The van der Waals surface area contributed by atoms with Gasteiger partial charge in [0.05, 0.1) is 13.0 Å². The Labute approximate surface area is 219 Å². The molecule has 1 amide bonds. The standard InChI is InChI=1S/C30H38N4O3/c1-37-30(36)27-22-25-26(31-27)12-9-13-28(25)33-20-18-32(19-21-33)17-14-24(23-10-5-4-6-11-23)29(35)34-15-7-2-3-8-16-34/h4-6,9-13,22,24,31H,2-3,7-8,14-21H2,1H3/t24-/m1/s1. The smallest absolute Gasteiger partial charge is 0.354 e. The van der Waals surface area contributed by atoms with E-state index >= 15 is 0 Å². The molecule has 0 saturated carbocycles. The number of piperazine rings is 1. The third-order valence-corrected chi connectivity index (χ3v) is 7.91. The van der Waals surface area contributed by atoms with Crippen LogP contribution in [0, 0.1) is 0 Å². The van der Waals surface area contributed by atoms with Crippen molar-refractivity contribution in [3.63, 3.8) is 0 Å². The third-order valence-electron chi connectivity index (χ3n) is 7.91. The Hall–Kier alpha value is -3.32. The quantitative estimate of drug-likeness (QED) is 0.476. The van der Waals surface area contributed by atoms with Crippen LogP contribution in [-0.4, -0.2) is 79.6 Å². The number of anilines is 1. The molecule has 0 unspecified atom stereocenters. The lowest BCUT2D eigenvalue weighted by atomic mass is 9.93. The van der Waals surface area contributed by atoms with Crippen molar-refractivity contribution in [3.8, 4) is 0 Å². The van der Waals surface area contributed by atoms with Gasteiger partial charge in [-0.1, -0.05) is 49.2 Å². The number of nitrogens with one attached hydrogen (secondary N) is 1. The molecule has 2 aliphatic heterocycles. The van der Waals surface area contributed by atoms with Crippen molar-refractivity contribution in [2.45, 2.75) is 38.0 Å². The zero-order valence-corrected chi connectivity index (χ0v) is 21.8. The number of carbonyl (C=O) groups excluding carboxylic acids is 2. The first-order valence-electron chi connectivity index (χ1n) is 13.6. The van der Waals surface area contributed by atoms with Crippen LogP contribution in [0.4, 0.5) is 5.69 Å². The molecule has 2 aliphatic rings. The maximum atomic E-state index is 13.6. The van der Waals surface area contributed by atoms with Gasteiger partial charge in [-0.05, 0) is 49.6 Å². The molecule has 0 bridgehead atoms. The normalized spacial score (nSPS) is 18.0. The number of benzene rings is 2. The van der Waals surface area contributed by atoms with Crippen molar-refractivity contribution in [2.75, 3.05) is 57.8 Å². The van der Waals surface area contributed by atoms with Crippen molar-refractivity contribution >= 4 is 28.5 Å². The topological polar surface area (TPSA) is 68.9 Å². The van der Waals surface area contributed by atoms with Gasteiger partial charge < -0.3 is 19.5 Å². The van der Waals surface area contributed by atoms with Crippen LogP contribution in [0.15, 0.2) is 54.6 Å². The van der Waals surface area contributed by atoms with E-state index in [9.17, 15) is 9.59 Å². The molecule has 1 atom stereocenters. The predicted molar refractivity (Wildman–Crippen MR) is 147 cm³/mol. The lowest BCUT2D eigenvalue weighted by Crippen LogP contribution is -2.47. The van der Waals surface area contributed by atoms with Crippen molar-refractivity contribution in [3.05, 3.63) is 65.9 Å². The fourth-order valence-corrected chi connectivity index (χ4v) is 5.79. The van der Waals surface area contributed by atoms with Crippen molar-refractivity contribution < 1.29 is 14.3 Å². The number of aromatic amines is 1. The number of aromatic nitrogens is 1. The Morgan fingerprint density at radius 2 is 1.62 bits per heavy atom. The minimum Gasteiger partial charge on any atom is -0.464 e. The fraction of sp³-hybridized carbons (Fsp3) is 0.467. The number of fused-ring (bicyclic) bond motifs is 1. The van der Waals surface area contributed by atoms with Crippen LogP contribution in [0.3, 0.4) is 0 Å². The lowest BCUT2D eigenvalue weighted by Gasteiger charge is -2.37. The first-order valence-corrected chi connectivity index (χ1v) is 13.6. The predicted octanol–water partition coefficient (Wildman–Crippen LogP) is 4.65. The van der Waals surface area contributed by atoms with Crippen LogP contribution in [-0.2, 0) is 9.53 Å². The van der Waals surface area contributed by atoms with Crippen LogP contribution in [0.25, 0.3) is 10.9 Å². The Morgan fingerprint density at radius 1 is 0.892 bits per heavy atom. The monoisotopic (exact) mass is 502 g/mol. The number of esters is 1. The molecule has 1 N–H and O–H groups in total. The van der Waals surface area contributed by atoms with E-state index in [1.807, 2.05) is 36.4 Å². The molecule has 3 aromatic rings. The summed E-state index contributed by atoms with van der Waals surface area (Å²) in [4.78, 5) is 35.8. The molecule has 0 radical (unpaired) electrons. The Bertz CT molecular complexity index is 1190. The molecule has 7 nitrogen and oxygen atoms in total. The Balaban J connectivity index is 1.23. The third kappa shape index (κ3) is 5.82. The van der Waals surface area contributed by atoms with E-state index in [1.165, 1.54) is 20.0 Å². The summed E-state index contributed by atoms with van der Waals surface area (Å²) in [6.45, 7) is 6.41. The summed E-state index contributed by atoms with van der Waals surface area (Å²) in [7, 11) is 1.40. The highest BCUT2D eigenvalue weighted by molar-refractivity contribution is 6.00. The molecule has 3 heterocycles. The number of likely N-dealkylation sites (tertiary alicyclic amines) is 1. The highest BCUT2D eigenvalue weighted by Crippen LogP contribution is 2.29. The minimum atomic E-state index is -0.352. The van der Waals surface area contributed by atoms with Crippen molar-refractivity contribution in [1.82, 2.24) is 14.8 Å². The number of rotatable bonds is 7. The van der Waals surface area contributed by atoms with E-state index in [4.69, 9.17) is 4.74 Å². The molecule has 0 spiro atoms. The average molecular weight is 503 g/mol. The summed E-state index contributed by atoms with van der Waals surface area (Å²) >= 11 is 0. The van der Waals surface area contributed by atoms with Crippen LogP contribution < -0.4 is 4.90 Å². The summed E-state index contributed by atoms with van der Waals surface area (Å²) < 4.78 is 4.89. The number of H-pyrrole nitrogens is 1. The summed E-state index contributed by atoms with van der Waals surface area (Å²) in [5, 5.41) is 1.04. The van der Waals surface area contributed by atoms with Gasteiger partial charge in [0.15, 0.2) is 0 Å². The van der Waals surface area contributed by atoms with Gasteiger partial charge >= 0.3 is 5.97 Å². The van der Waals surface area contributed by atoms with Gasteiger partial charge in [0, 0.05) is 55.9 Å². The zero-order chi connectivity index (χ0) is 25.6. The van der Waals surface area contributed by atoms with E-state index in [-0.39, 0.29) is 11.9 Å². The van der Waals surface area contributed by atoms with Crippen LogP contribution in [0.5, 0.6) is 0 Å². The van der Waals surface area contributed by atoms with Gasteiger partial charge in [-0.2, -0.15) is 0 Å². The molecule has 1 aromatic heterocycles. The second kappa shape index (κ2) is 11.8. The Morgan fingerprint density at radius 3 is 2.32 bits per heavy atom. The molecule has 2 saturated heterocycles. The van der Waals surface area contributed by atoms with Gasteiger partial charge in [0.1, 0.15) is 5.69 Å². The molecule has 7 heteroatoms. The first kappa shape index (κ1) is 25.3. The molecular weight excluding hydrogens is 464 g/mol. The van der Waals surface area contributed by atoms with Crippen LogP contribution >= 0.6 is 0 Å². The maximum absolute atomic E-state index is 13.6. The summed E-state index contributed by atoms with van der Waals surface area (Å²) in [5.74, 6) is -0.135. The van der Waals surface area contributed by atoms with Gasteiger partial charge in [-0.15, -0.1) is 0 Å². The molecule has 5 rings (SSSR count). The number of methoxy groups -OCH3 is 1. The second-order valence-corrected chi connectivity index (χ2v) is 10.2. The van der Waals surface area contributed by atoms with Crippen LogP contribution in [0.2, 0.25) is 0 Å².